The van der Waals surface area contributed by atoms with Crippen LogP contribution < -0.4 is 5.32 Å². The molecular weight excluding hydrogens is 234 g/mol. The highest BCUT2D eigenvalue weighted by atomic mass is 32.2. The maximum atomic E-state index is 11.6. The molecule has 16 heavy (non-hydrogen) atoms. The predicted molar refractivity (Wildman–Crippen MR) is 59.6 cm³/mol. The van der Waals surface area contributed by atoms with Crippen molar-refractivity contribution in [3.8, 4) is 0 Å². The summed E-state index contributed by atoms with van der Waals surface area (Å²) in [5, 5.41) is 10.8. The molecule has 0 bridgehead atoms. The van der Waals surface area contributed by atoms with Crippen LogP contribution in [-0.2, 0) is 25.1 Å². The molecule has 3 atom stereocenters. The number of rotatable bonds is 7. The van der Waals surface area contributed by atoms with Gasteiger partial charge in [-0.25, -0.2) is 4.79 Å². The summed E-state index contributed by atoms with van der Waals surface area (Å²) in [6.45, 7) is 3.21. The molecular formula is C9H17NO5S. The lowest BCUT2D eigenvalue weighted by molar-refractivity contribution is -0.140. The lowest BCUT2D eigenvalue weighted by Gasteiger charge is -2.15. The summed E-state index contributed by atoms with van der Waals surface area (Å²) >= 11 is 0. The molecule has 1 amide bonds. The summed E-state index contributed by atoms with van der Waals surface area (Å²) < 4.78 is 16.5. The normalized spacial score (nSPS) is 16.2. The van der Waals surface area contributed by atoms with E-state index in [0.29, 0.717) is 6.61 Å². The maximum Gasteiger partial charge on any atom is 0.327 e. The first-order valence-corrected chi connectivity index (χ1v) is 6.12. The number of nitrogens with one attached hydrogen (secondary N) is 1. The van der Waals surface area contributed by atoms with E-state index >= 15 is 0 Å². The van der Waals surface area contributed by atoms with Crippen molar-refractivity contribution in [1.29, 1.82) is 0 Å². The quantitative estimate of drug-likeness (QED) is 0.628. The molecule has 0 radical (unpaired) electrons. The number of methoxy groups -OCH3 is 1. The molecule has 0 aromatic rings. The van der Waals surface area contributed by atoms with Gasteiger partial charge < -0.3 is 15.2 Å². The van der Waals surface area contributed by atoms with Gasteiger partial charge in [-0.1, -0.05) is 0 Å². The SMILES string of the molecule is COCC(C)S(=O)C[C@H](NC(C)=O)C(=O)O. The van der Waals surface area contributed by atoms with Crippen LogP contribution in [0.25, 0.3) is 0 Å². The third-order valence-corrected chi connectivity index (χ3v) is 3.55. The van der Waals surface area contributed by atoms with Gasteiger partial charge in [0.1, 0.15) is 6.04 Å². The molecule has 2 unspecified atom stereocenters. The fourth-order valence-corrected chi connectivity index (χ4v) is 2.23. The number of carbonyl (C=O) groups is 2. The van der Waals surface area contributed by atoms with Gasteiger partial charge in [0.05, 0.1) is 17.6 Å². The monoisotopic (exact) mass is 251 g/mol. The van der Waals surface area contributed by atoms with Gasteiger partial charge in [-0.05, 0) is 6.92 Å². The first kappa shape index (κ1) is 15.0. The first-order chi connectivity index (χ1) is 7.38. The Morgan fingerprint density at radius 3 is 2.44 bits per heavy atom. The van der Waals surface area contributed by atoms with Gasteiger partial charge in [0, 0.05) is 24.8 Å². The molecule has 6 nitrogen and oxygen atoms in total. The van der Waals surface area contributed by atoms with Crippen LogP contribution in [-0.4, -0.2) is 52.0 Å². The Balaban J connectivity index is 4.34. The van der Waals surface area contributed by atoms with Crippen LogP contribution in [0.4, 0.5) is 0 Å². The zero-order chi connectivity index (χ0) is 12.7. The summed E-state index contributed by atoms with van der Waals surface area (Å²) in [5.41, 5.74) is 0. The van der Waals surface area contributed by atoms with E-state index in [4.69, 9.17) is 9.84 Å². The summed E-state index contributed by atoms with van der Waals surface area (Å²) in [5.74, 6) is -1.75. The van der Waals surface area contributed by atoms with Crippen molar-refractivity contribution in [1.82, 2.24) is 5.32 Å². The highest BCUT2D eigenvalue weighted by Crippen LogP contribution is 2.00. The van der Waals surface area contributed by atoms with Crippen molar-refractivity contribution in [2.45, 2.75) is 25.1 Å². The van der Waals surface area contributed by atoms with E-state index in [9.17, 15) is 13.8 Å². The van der Waals surface area contributed by atoms with Crippen LogP contribution in [0.2, 0.25) is 0 Å². The second-order valence-corrected chi connectivity index (χ2v) is 5.30. The largest absolute Gasteiger partial charge is 0.480 e. The lowest BCUT2D eigenvalue weighted by Crippen LogP contribution is -2.44. The second kappa shape index (κ2) is 7.34. The van der Waals surface area contributed by atoms with Crippen LogP contribution in [0, 0.1) is 0 Å². The number of carbonyl (C=O) groups excluding carboxylic acids is 1. The molecule has 0 aromatic carbocycles. The molecule has 7 heteroatoms. The number of ether oxygens (including phenoxy) is 1. The number of amides is 1. The molecule has 0 fully saturated rings. The fourth-order valence-electron chi connectivity index (χ4n) is 1.06. The van der Waals surface area contributed by atoms with Gasteiger partial charge in [-0.2, -0.15) is 0 Å². The zero-order valence-electron chi connectivity index (χ0n) is 9.56. The van der Waals surface area contributed by atoms with Crippen molar-refractivity contribution in [3.05, 3.63) is 0 Å². The average Bonchev–Trinajstić information content (AvgIpc) is 2.16. The Hall–Kier alpha value is -0.950. The molecule has 0 heterocycles. The second-order valence-electron chi connectivity index (χ2n) is 3.40. The number of carboxylic acids is 1. The molecule has 0 aliphatic rings. The average molecular weight is 251 g/mol. The van der Waals surface area contributed by atoms with Crippen LogP contribution in [0.5, 0.6) is 0 Å². The molecule has 0 spiro atoms. The lowest BCUT2D eigenvalue weighted by atomic mass is 10.3. The highest BCUT2D eigenvalue weighted by molar-refractivity contribution is 7.85. The summed E-state index contributed by atoms with van der Waals surface area (Å²) in [4.78, 5) is 21.5. The van der Waals surface area contributed by atoms with E-state index in [0.717, 1.165) is 0 Å². The first-order valence-electron chi connectivity index (χ1n) is 4.74. The van der Waals surface area contributed by atoms with Crippen LogP contribution in [0.1, 0.15) is 13.8 Å². The van der Waals surface area contributed by atoms with E-state index in [1.54, 1.807) is 6.92 Å². The number of carboxylic acid groups (broad SMARTS) is 1. The maximum absolute atomic E-state index is 11.6. The van der Waals surface area contributed by atoms with Crippen molar-refractivity contribution in [2.24, 2.45) is 0 Å². The molecule has 0 aromatic heterocycles. The van der Waals surface area contributed by atoms with E-state index in [1.165, 1.54) is 14.0 Å². The predicted octanol–water partition coefficient (Wildman–Crippen LogP) is -0.641. The molecule has 0 saturated carbocycles. The minimum absolute atomic E-state index is 0.112. The molecule has 0 saturated heterocycles. The number of hydrogen-bond donors (Lipinski definition) is 2. The third kappa shape index (κ3) is 5.82. The Bertz CT molecular complexity index is 281. The molecule has 0 aliphatic carbocycles. The Kier molecular flexibility index (Phi) is 6.91. The molecule has 0 aliphatic heterocycles. The fraction of sp³-hybridized carbons (Fsp3) is 0.778. The van der Waals surface area contributed by atoms with Crippen molar-refractivity contribution >= 4 is 22.7 Å². The number of aliphatic carboxylic acids is 1. The van der Waals surface area contributed by atoms with Gasteiger partial charge in [0.25, 0.3) is 0 Å². The van der Waals surface area contributed by atoms with Crippen LogP contribution in [0.15, 0.2) is 0 Å². The summed E-state index contributed by atoms with van der Waals surface area (Å²) in [6.07, 6.45) is 0. The van der Waals surface area contributed by atoms with Crippen LogP contribution in [0.3, 0.4) is 0 Å². The van der Waals surface area contributed by atoms with E-state index in [1.807, 2.05) is 0 Å². The highest BCUT2D eigenvalue weighted by Gasteiger charge is 2.23. The zero-order valence-corrected chi connectivity index (χ0v) is 10.4. The number of hydrogen-bond acceptors (Lipinski definition) is 4. The van der Waals surface area contributed by atoms with Gasteiger partial charge in [-0.15, -0.1) is 0 Å². The van der Waals surface area contributed by atoms with Crippen molar-refractivity contribution in [2.75, 3.05) is 19.5 Å². The van der Waals surface area contributed by atoms with E-state index < -0.39 is 28.7 Å². The van der Waals surface area contributed by atoms with Gasteiger partial charge in [0.15, 0.2) is 0 Å². The smallest absolute Gasteiger partial charge is 0.327 e. The van der Waals surface area contributed by atoms with Gasteiger partial charge in [-0.3, -0.25) is 9.00 Å². The topological polar surface area (TPSA) is 92.7 Å². The summed E-state index contributed by atoms with van der Waals surface area (Å²) in [7, 11) is 0.130. The molecule has 2 N–H and O–H groups in total. The summed E-state index contributed by atoms with van der Waals surface area (Å²) in [6, 6.07) is -1.11. The van der Waals surface area contributed by atoms with Gasteiger partial charge >= 0.3 is 5.97 Å². The van der Waals surface area contributed by atoms with Crippen LogP contribution >= 0.6 is 0 Å². The Labute approximate surface area is 96.8 Å². The Morgan fingerprint density at radius 1 is 1.50 bits per heavy atom. The van der Waals surface area contributed by atoms with Gasteiger partial charge in [0.2, 0.25) is 5.91 Å². The van der Waals surface area contributed by atoms with E-state index in [2.05, 4.69) is 5.32 Å². The van der Waals surface area contributed by atoms with Crippen molar-refractivity contribution in [3.63, 3.8) is 0 Å². The minimum atomic E-state index is -1.35. The Morgan fingerprint density at radius 2 is 2.06 bits per heavy atom. The van der Waals surface area contributed by atoms with E-state index in [-0.39, 0.29) is 11.0 Å². The standard InChI is InChI=1S/C9H17NO5S/c1-6(4-15-3)16(14)5-8(9(12)13)10-7(2)11/h6,8H,4-5H2,1-3H3,(H,10,11)(H,12,13)/t6?,8-,16?/m0/s1. The van der Waals surface area contributed by atoms with Crippen molar-refractivity contribution < 1.29 is 23.6 Å². The molecule has 0 rings (SSSR count). The third-order valence-electron chi connectivity index (χ3n) is 1.86. The minimum Gasteiger partial charge on any atom is -0.480 e. The molecule has 94 valence electrons.